The molecule has 10 heteroatoms. The molecule has 0 aliphatic heterocycles. The summed E-state index contributed by atoms with van der Waals surface area (Å²) < 4.78 is 104. The molecule has 0 aliphatic rings. The number of unbranched alkanes of at least 4 members (excludes halogenated alkanes) is 5. The molecule has 22 heavy (non-hydrogen) atoms. The van der Waals surface area contributed by atoms with Crippen LogP contribution in [0.4, 0.5) is 26.3 Å². The van der Waals surface area contributed by atoms with E-state index < -0.39 is 40.6 Å². The molecule has 0 spiro atoms. The zero-order valence-electron chi connectivity index (χ0n) is 11.8. The summed E-state index contributed by atoms with van der Waals surface area (Å²) in [6.45, 7) is 0. The fraction of sp³-hybridized carbons (Fsp3) is 1.00. The third-order valence-electron chi connectivity index (χ3n) is 3.10. The van der Waals surface area contributed by atoms with Crippen LogP contribution in [0.5, 0.6) is 0 Å². The number of hydrogen-bond acceptors (Lipinski definition) is 3. The van der Waals surface area contributed by atoms with Crippen molar-refractivity contribution in [1.82, 2.24) is 0 Å². The highest BCUT2D eigenvalue weighted by molar-refractivity contribution is 7.86. The monoisotopic (exact) mass is 357 g/mol. The Bertz CT molecular complexity index is 402. The van der Waals surface area contributed by atoms with Gasteiger partial charge in [-0.2, -0.15) is 26.3 Å². The lowest BCUT2D eigenvalue weighted by atomic mass is 10.1. The largest absolute Gasteiger partial charge is 0.748 e. The molecule has 3 nitrogen and oxygen atoms in total. The lowest BCUT2D eigenvalue weighted by Crippen LogP contribution is -2.27. The van der Waals surface area contributed by atoms with Crippen LogP contribution in [0.15, 0.2) is 0 Å². The molecule has 0 aromatic rings. The van der Waals surface area contributed by atoms with Crippen molar-refractivity contribution in [3.05, 3.63) is 0 Å². The number of alkyl halides is 6. The minimum Gasteiger partial charge on any atom is -0.748 e. The Labute approximate surface area is 125 Å². The summed E-state index contributed by atoms with van der Waals surface area (Å²) in [6, 6.07) is 0. The van der Waals surface area contributed by atoms with Crippen LogP contribution in [0.3, 0.4) is 0 Å². The average Bonchev–Trinajstić information content (AvgIpc) is 2.26. The fourth-order valence-corrected chi connectivity index (χ4v) is 2.86. The minimum atomic E-state index is -5.01. The van der Waals surface area contributed by atoms with Gasteiger partial charge in [0.2, 0.25) is 0 Å². The van der Waals surface area contributed by atoms with E-state index in [2.05, 4.69) is 0 Å². The number of rotatable bonds is 10. The van der Waals surface area contributed by atoms with Gasteiger partial charge in [-0.3, -0.25) is 0 Å². The van der Waals surface area contributed by atoms with Crippen molar-refractivity contribution in [1.29, 1.82) is 0 Å². The quantitative estimate of drug-likeness (QED) is 0.328. The third kappa shape index (κ3) is 13.2. The molecular formula is C12H19F6O3S-. The summed E-state index contributed by atoms with van der Waals surface area (Å²) in [5.74, 6) is 0. The molecular weight excluding hydrogens is 338 g/mol. The van der Waals surface area contributed by atoms with Crippen molar-refractivity contribution < 1.29 is 39.3 Å². The van der Waals surface area contributed by atoms with E-state index in [4.69, 9.17) is 0 Å². The first-order valence-corrected chi connectivity index (χ1v) is 8.36. The van der Waals surface area contributed by atoms with Gasteiger partial charge in [0, 0.05) is 6.42 Å². The van der Waals surface area contributed by atoms with E-state index in [1.54, 1.807) is 0 Å². The Morgan fingerprint density at radius 2 is 1.23 bits per heavy atom. The number of hydrogen-bond donors (Lipinski definition) is 0. The van der Waals surface area contributed by atoms with Gasteiger partial charge in [0.05, 0.1) is 21.8 Å². The van der Waals surface area contributed by atoms with Gasteiger partial charge in [0.1, 0.15) is 0 Å². The fourth-order valence-electron chi connectivity index (χ4n) is 2.01. The number of halogens is 6. The molecule has 0 aliphatic carbocycles. The van der Waals surface area contributed by atoms with Crippen LogP contribution < -0.4 is 0 Å². The van der Waals surface area contributed by atoms with Crippen LogP contribution in [0.25, 0.3) is 0 Å². The topological polar surface area (TPSA) is 57.2 Å². The standard InChI is InChI=1S/C12H20F6O3S/c13-11(14,15)8-6-4-2-1-3-5-7-10(22(19,20)21)9-12(16,17)18/h10H,1-9H2,(H,19,20,21)/p-1. The molecule has 1 unspecified atom stereocenters. The molecule has 0 radical (unpaired) electrons. The van der Waals surface area contributed by atoms with Crippen molar-refractivity contribution in [3.63, 3.8) is 0 Å². The van der Waals surface area contributed by atoms with Crippen LogP contribution in [-0.4, -0.2) is 30.6 Å². The predicted molar refractivity (Wildman–Crippen MR) is 67.1 cm³/mol. The Kier molecular flexibility index (Phi) is 8.74. The van der Waals surface area contributed by atoms with Gasteiger partial charge in [-0.1, -0.05) is 32.1 Å². The van der Waals surface area contributed by atoms with E-state index in [1.807, 2.05) is 0 Å². The van der Waals surface area contributed by atoms with E-state index in [0.29, 0.717) is 25.7 Å². The summed E-state index contributed by atoms with van der Waals surface area (Å²) >= 11 is 0. The zero-order valence-corrected chi connectivity index (χ0v) is 12.7. The minimum absolute atomic E-state index is 0.00482. The van der Waals surface area contributed by atoms with Crippen LogP contribution in [0, 0.1) is 0 Å². The van der Waals surface area contributed by atoms with Crippen molar-refractivity contribution in [2.24, 2.45) is 0 Å². The molecule has 0 saturated carbocycles. The van der Waals surface area contributed by atoms with Crippen molar-refractivity contribution >= 4 is 10.1 Å². The van der Waals surface area contributed by atoms with Gasteiger partial charge >= 0.3 is 12.4 Å². The van der Waals surface area contributed by atoms with E-state index >= 15 is 0 Å². The highest BCUT2D eigenvalue weighted by Crippen LogP contribution is 2.27. The Morgan fingerprint density at radius 3 is 1.64 bits per heavy atom. The van der Waals surface area contributed by atoms with E-state index in [-0.39, 0.29) is 19.3 Å². The summed E-state index contributed by atoms with van der Waals surface area (Å²) in [5, 5.41) is -1.99. The molecule has 0 amide bonds. The van der Waals surface area contributed by atoms with Crippen molar-refractivity contribution in [2.75, 3.05) is 0 Å². The first-order chi connectivity index (χ1) is 9.81. The summed E-state index contributed by atoms with van der Waals surface area (Å²) in [7, 11) is -5.01. The van der Waals surface area contributed by atoms with Crippen molar-refractivity contribution in [3.8, 4) is 0 Å². The highest BCUT2D eigenvalue weighted by atomic mass is 32.2. The average molecular weight is 357 g/mol. The van der Waals surface area contributed by atoms with E-state index in [0.717, 1.165) is 0 Å². The Hall–Kier alpha value is -0.510. The van der Waals surface area contributed by atoms with Gasteiger partial charge in [-0.05, 0) is 12.8 Å². The van der Waals surface area contributed by atoms with Gasteiger partial charge in [0.15, 0.2) is 0 Å². The predicted octanol–water partition coefficient (Wildman–Crippen LogP) is 4.54. The lowest BCUT2D eigenvalue weighted by molar-refractivity contribution is -0.136. The molecule has 0 heterocycles. The summed E-state index contributed by atoms with van der Waals surface area (Å²) in [5.41, 5.74) is 0. The molecule has 0 N–H and O–H groups in total. The maximum absolute atomic E-state index is 12.2. The van der Waals surface area contributed by atoms with E-state index in [9.17, 15) is 39.3 Å². The molecule has 0 aromatic carbocycles. The second-order valence-corrected chi connectivity index (χ2v) is 6.86. The Morgan fingerprint density at radius 1 is 0.773 bits per heavy atom. The van der Waals surface area contributed by atoms with Gasteiger partial charge in [-0.15, -0.1) is 0 Å². The molecule has 134 valence electrons. The van der Waals surface area contributed by atoms with Gasteiger partial charge in [-0.25, -0.2) is 8.42 Å². The normalized spacial score (nSPS) is 15.0. The van der Waals surface area contributed by atoms with Crippen LogP contribution in [0.1, 0.15) is 57.8 Å². The first kappa shape index (κ1) is 21.5. The van der Waals surface area contributed by atoms with Gasteiger partial charge < -0.3 is 4.55 Å². The molecule has 0 fully saturated rings. The summed E-state index contributed by atoms with van der Waals surface area (Å²) in [4.78, 5) is 0. The van der Waals surface area contributed by atoms with Crippen LogP contribution in [0.2, 0.25) is 0 Å². The second-order valence-electron chi connectivity index (χ2n) is 5.21. The van der Waals surface area contributed by atoms with Crippen LogP contribution >= 0.6 is 0 Å². The van der Waals surface area contributed by atoms with Crippen LogP contribution in [-0.2, 0) is 10.1 Å². The van der Waals surface area contributed by atoms with E-state index in [1.165, 1.54) is 0 Å². The third-order valence-corrected chi connectivity index (χ3v) is 4.32. The maximum atomic E-state index is 12.2. The van der Waals surface area contributed by atoms with Crippen molar-refractivity contribution in [2.45, 2.75) is 75.4 Å². The Balaban J connectivity index is 3.87. The second kappa shape index (κ2) is 8.95. The maximum Gasteiger partial charge on any atom is 0.390 e. The molecule has 0 saturated heterocycles. The van der Waals surface area contributed by atoms with Gasteiger partial charge in [0.25, 0.3) is 0 Å². The molecule has 0 aromatic heterocycles. The molecule has 1 atom stereocenters. The molecule has 0 bridgehead atoms. The summed E-state index contributed by atoms with van der Waals surface area (Å²) in [6.07, 6.45) is -9.97. The zero-order chi connectivity index (χ0) is 17.4. The highest BCUT2D eigenvalue weighted by Gasteiger charge is 2.34. The SMILES string of the molecule is O=S(=O)([O-])C(CCCCCCCCC(F)(F)F)CC(F)(F)F. The smallest absolute Gasteiger partial charge is 0.390 e. The molecule has 0 rings (SSSR count). The lowest BCUT2D eigenvalue weighted by Gasteiger charge is -2.21. The first-order valence-electron chi connectivity index (χ1n) is 6.89.